The summed E-state index contributed by atoms with van der Waals surface area (Å²) < 4.78 is 0. The van der Waals surface area contributed by atoms with Gasteiger partial charge in [-0.1, -0.05) is 12.1 Å². The van der Waals surface area contributed by atoms with Gasteiger partial charge in [0, 0.05) is 30.9 Å². The van der Waals surface area contributed by atoms with Crippen molar-refractivity contribution >= 4 is 5.69 Å². The van der Waals surface area contributed by atoms with Crippen LogP contribution in [0.5, 0.6) is 0 Å². The molecule has 1 fully saturated rings. The summed E-state index contributed by atoms with van der Waals surface area (Å²) in [5.41, 5.74) is 3.13. The lowest BCUT2D eigenvalue weighted by Crippen LogP contribution is -2.47. The number of benzene rings is 1. The number of hydrogen-bond acceptors (Lipinski definition) is 3. The highest BCUT2D eigenvalue weighted by Gasteiger charge is 2.34. The summed E-state index contributed by atoms with van der Waals surface area (Å²) in [5, 5.41) is 13.9. The van der Waals surface area contributed by atoms with Crippen LogP contribution in [0, 0.1) is 13.8 Å². The summed E-state index contributed by atoms with van der Waals surface area (Å²) >= 11 is 0. The maximum Gasteiger partial charge on any atom is 0.0917 e. The van der Waals surface area contributed by atoms with Crippen LogP contribution in [0.2, 0.25) is 0 Å². The van der Waals surface area contributed by atoms with Crippen molar-refractivity contribution < 1.29 is 5.11 Å². The standard InChI is InChI=1S/C16H26N2O/c1-12-7-6-8-14(13(12)2)18-10-15(3,4)17-9-16(5,19)11-18/h6-8,17,19H,9-11H2,1-5H3. The van der Waals surface area contributed by atoms with Gasteiger partial charge in [0.1, 0.15) is 0 Å². The largest absolute Gasteiger partial charge is 0.387 e. The maximum absolute atomic E-state index is 10.5. The fourth-order valence-electron chi connectivity index (χ4n) is 2.73. The Morgan fingerprint density at radius 2 is 1.84 bits per heavy atom. The average Bonchev–Trinajstić information content (AvgIpc) is 2.39. The molecule has 0 amide bonds. The molecule has 0 aliphatic carbocycles. The number of hydrogen-bond donors (Lipinski definition) is 2. The molecular formula is C16H26N2O. The van der Waals surface area contributed by atoms with Gasteiger partial charge < -0.3 is 15.3 Å². The number of aliphatic hydroxyl groups is 1. The van der Waals surface area contributed by atoms with Gasteiger partial charge in [0.25, 0.3) is 0 Å². The molecule has 3 heteroatoms. The molecule has 1 unspecified atom stereocenters. The first-order chi connectivity index (χ1) is 8.70. The molecule has 0 saturated carbocycles. The van der Waals surface area contributed by atoms with Gasteiger partial charge in [0.05, 0.1) is 5.60 Å². The van der Waals surface area contributed by atoms with Crippen molar-refractivity contribution in [1.82, 2.24) is 5.32 Å². The predicted octanol–water partition coefficient (Wildman–Crippen LogP) is 2.24. The van der Waals surface area contributed by atoms with Crippen LogP contribution in [-0.4, -0.2) is 35.9 Å². The van der Waals surface area contributed by atoms with E-state index in [-0.39, 0.29) is 5.54 Å². The molecule has 0 spiro atoms. The quantitative estimate of drug-likeness (QED) is 0.815. The number of nitrogens with one attached hydrogen (secondary N) is 1. The van der Waals surface area contributed by atoms with E-state index in [2.05, 4.69) is 56.1 Å². The Labute approximate surface area is 116 Å². The lowest BCUT2D eigenvalue weighted by atomic mass is 10.0. The molecule has 1 aliphatic rings. The van der Waals surface area contributed by atoms with E-state index in [0.29, 0.717) is 13.1 Å². The van der Waals surface area contributed by atoms with E-state index in [9.17, 15) is 5.11 Å². The summed E-state index contributed by atoms with van der Waals surface area (Å²) in [4.78, 5) is 2.31. The van der Waals surface area contributed by atoms with E-state index >= 15 is 0 Å². The first-order valence-corrected chi connectivity index (χ1v) is 6.99. The molecule has 0 radical (unpaired) electrons. The highest BCUT2D eigenvalue weighted by Crippen LogP contribution is 2.27. The van der Waals surface area contributed by atoms with E-state index in [1.165, 1.54) is 16.8 Å². The third-order valence-electron chi connectivity index (χ3n) is 3.98. The van der Waals surface area contributed by atoms with Gasteiger partial charge in [0.15, 0.2) is 0 Å². The molecule has 0 aromatic heterocycles. The van der Waals surface area contributed by atoms with Crippen LogP contribution in [-0.2, 0) is 0 Å². The molecule has 1 aromatic carbocycles. The van der Waals surface area contributed by atoms with Crippen molar-refractivity contribution in [2.45, 2.75) is 45.8 Å². The molecular weight excluding hydrogens is 236 g/mol. The van der Waals surface area contributed by atoms with Crippen LogP contribution in [0.25, 0.3) is 0 Å². The van der Waals surface area contributed by atoms with Gasteiger partial charge in [-0.05, 0) is 51.8 Å². The normalized spacial score (nSPS) is 27.2. The molecule has 2 rings (SSSR count). The van der Waals surface area contributed by atoms with E-state index in [4.69, 9.17) is 0 Å². The second-order valence-electron chi connectivity index (χ2n) is 6.81. The first-order valence-electron chi connectivity index (χ1n) is 6.99. The van der Waals surface area contributed by atoms with Gasteiger partial charge in [-0.15, -0.1) is 0 Å². The van der Waals surface area contributed by atoms with Gasteiger partial charge >= 0.3 is 0 Å². The topological polar surface area (TPSA) is 35.5 Å². The maximum atomic E-state index is 10.5. The van der Waals surface area contributed by atoms with Crippen LogP contribution in [0.3, 0.4) is 0 Å². The third kappa shape index (κ3) is 3.28. The van der Waals surface area contributed by atoms with Crippen molar-refractivity contribution in [2.24, 2.45) is 0 Å². The Bertz CT molecular complexity index is 448. The second-order valence-corrected chi connectivity index (χ2v) is 6.81. The predicted molar refractivity (Wildman–Crippen MR) is 80.8 cm³/mol. The minimum absolute atomic E-state index is 0.00330. The van der Waals surface area contributed by atoms with Crippen LogP contribution >= 0.6 is 0 Å². The molecule has 1 saturated heterocycles. The number of rotatable bonds is 1. The number of aryl methyl sites for hydroxylation is 1. The smallest absolute Gasteiger partial charge is 0.0917 e. The molecule has 3 nitrogen and oxygen atoms in total. The van der Waals surface area contributed by atoms with Crippen LogP contribution in [0.4, 0.5) is 5.69 Å². The fraction of sp³-hybridized carbons (Fsp3) is 0.625. The van der Waals surface area contributed by atoms with E-state index in [1.807, 2.05) is 6.92 Å². The Morgan fingerprint density at radius 3 is 2.53 bits per heavy atom. The van der Waals surface area contributed by atoms with E-state index in [1.54, 1.807) is 0 Å². The summed E-state index contributed by atoms with van der Waals surface area (Å²) in [6, 6.07) is 6.38. The van der Waals surface area contributed by atoms with Gasteiger partial charge in [-0.2, -0.15) is 0 Å². The molecule has 19 heavy (non-hydrogen) atoms. The lowest BCUT2D eigenvalue weighted by molar-refractivity contribution is 0.0696. The van der Waals surface area contributed by atoms with Crippen molar-refractivity contribution in [3.05, 3.63) is 29.3 Å². The van der Waals surface area contributed by atoms with Crippen LogP contribution < -0.4 is 10.2 Å². The molecule has 1 heterocycles. The van der Waals surface area contributed by atoms with E-state index in [0.717, 1.165) is 6.54 Å². The highest BCUT2D eigenvalue weighted by molar-refractivity contribution is 5.56. The first kappa shape index (κ1) is 14.4. The molecule has 1 aliphatic heterocycles. The summed E-state index contributed by atoms with van der Waals surface area (Å²) in [6.45, 7) is 12.8. The zero-order chi connectivity index (χ0) is 14.3. The summed E-state index contributed by atoms with van der Waals surface area (Å²) in [6.07, 6.45) is 0. The second kappa shape index (κ2) is 4.80. The molecule has 0 bridgehead atoms. The van der Waals surface area contributed by atoms with Gasteiger partial charge in [0.2, 0.25) is 0 Å². The molecule has 1 atom stereocenters. The Balaban J connectivity index is 2.38. The Morgan fingerprint density at radius 1 is 1.16 bits per heavy atom. The zero-order valence-corrected chi connectivity index (χ0v) is 12.7. The summed E-state index contributed by atoms with van der Waals surface area (Å²) in [5.74, 6) is 0. The monoisotopic (exact) mass is 262 g/mol. The van der Waals surface area contributed by atoms with Crippen LogP contribution in [0.15, 0.2) is 18.2 Å². The number of nitrogens with zero attached hydrogens (tertiary/aromatic N) is 1. The number of β-amino-alcohol motifs (C(OH)–C–C–N with tert-alkyl or cyclic N) is 1. The summed E-state index contributed by atoms with van der Waals surface area (Å²) in [7, 11) is 0. The Hall–Kier alpha value is -1.06. The minimum Gasteiger partial charge on any atom is -0.387 e. The van der Waals surface area contributed by atoms with Gasteiger partial charge in [-0.3, -0.25) is 0 Å². The molecule has 2 N–H and O–H groups in total. The van der Waals surface area contributed by atoms with Crippen molar-refractivity contribution in [1.29, 1.82) is 0 Å². The van der Waals surface area contributed by atoms with Gasteiger partial charge in [-0.25, -0.2) is 0 Å². The Kier molecular flexibility index (Phi) is 3.63. The van der Waals surface area contributed by atoms with Crippen molar-refractivity contribution in [2.75, 3.05) is 24.5 Å². The third-order valence-corrected chi connectivity index (χ3v) is 3.98. The van der Waals surface area contributed by atoms with E-state index < -0.39 is 5.60 Å². The average molecular weight is 262 g/mol. The van der Waals surface area contributed by atoms with Crippen molar-refractivity contribution in [3.8, 4) is 0 Å². The SMILES string of the molecule is Cc1cccc(N2CC(C)(O)CNC(C)(C)C2)c1C. The highest BCUT2D eigenvalue weighted by atomic mass is 16.3. The molecule has 1 aromatic rings. The fourth-order valence-corrected chi connectivity index (χ4v) is 2.73. The van der Waals surface area contributed by atoms with Crippen LogP contribution in [0.1, 0.15) is 31.9 Å². The lowest BCUT2D eigenvalue weighted by Gasteiger charge is -2.33. The molecule has 106 valence electrons. The number of anilines is 1. The minimum atomic E-state index is -0.704. The zero-order valence-electron chi connectivity index (χ0n) is 12.7. The van der Waals surface area contributed by atoms with Crippen molar-refractivity contribution in [3.63, 3.8) is 0 Å².